The Morgan fingerprint density at radius 1 is 1.06 bits per heavy atom. The maximum atomic E-state index is 13.3. The van der Waals surface area contributed by atoms with E-state index in [0.29, 0.717) is 43.4 Å². The Bertz CT molecular complexity index is 1060. The first kappa shape index (κ1) is 19.8. The van der Waals surface area contributed by atoms with Crippen molar-refractivity contribution in [2.45, 2.75) is 19.0 Å². The third-order valence-electron chi connectivity index (χ3n) is 6.12. The van der Waals surface area contributed by atoms with E-state index < -0.39 is 0 Å². The summed E-state index contributed by atoms with van der Waals surface area (Å²) in [5, 5.41) is 0. The quantitative estimate of drug-likeness (QED) is 0.655. The predicted molar refractivity (Wildman–Crippen MR) is 116 cm³/mol. The van der Waals surface area contributed by atoms with Crippen molar-refractivity contribution in [3.8, 4) is 11.4 Å². The number of hydrogen-bond donors (Lipinski definition) is 0. The van der Waals surface area contributed by atoms with E-state index in [4.69, 9.17) is 4.74 Å². The third-order valence-corrected chi connectivity index (χ3v) is 6.12. The van der Waals surface area contributed by atoms with Gasteiger partial charge in [0.05, 0.1) is 36.6 Å². The second-order valence-corrected chi connectivity index (χ2v) is 8.04. The molecule has 0 unspecified atom stereocenters. The van der Waals surface area contributed by atoms with Crippen molar-refractivity contribution in [3.63, 3.8) is 0 Å². The standard InChI is InChI=1S/C24H25N5O2/c1-17-21(13-26-23(27-17)19-8-5-9-25-12-19)24(30)28-10-11-29-20(14-28)15-31-16-22(29)18-6-3-2-4-7-18/h2-9,12-13,20,22H,10-11,14-16H2,1H3/t20-,22-/m1/s1. The van der Waals surface area contributed by atoms with Crippen LogP contribution in [0.1, 0.15) is 27.7 Å². The molecule has 0 N–H and O–H groups in total. The molecule has 158 valence electrons. The van der Waals surface area contributed by atoms with Gasteiger partial charge in [-0.2, -0.15) is 0 Å². The number of carbonyl (C=O) groups excluding carboxylic acids is 1. The Morgan fingerprint density at radius 3 is 2.71 bits per heavy atom. The monoisotopic (exact) mass is 415 g/mol. The normalized spacial score (nSPS) is 21.5. The molecule has 4 heterocycles. The molecular formula is C24H25N5O2. The van der Waals surface area contributed by atoms with E-state index in [1.807, 2.05) is 30.0 Å². The smallest absolute Gasteiger partial charge is 0.257 e. The van der Waals surface area contributed by atoms with Crippen LogP contribution >= 0.6 is 0 Å². The van der Waals surface area contributed by atoms with E-state index in [0.717, 1.165) is 12.1 Å². The van der Waals surface area contributed by atoms with Crippen LogP contribution in [0.2, 0.25) is 0 Å². The molecule has 0 radical (unpaired) electrons. The fraction of sp³-hybridized carbons (Fsp3) is 0.333. The number of morpholine rings is 1. The minimum atomic E-state index is -0.0169. The van der Waals surface area contributed by atoms with Gasteiger partial charge in [-0.1, -0.05) is 30.3 Å². The summed E-state index contributed by atoms with van der Waals surface area (Å²) in [6, 6.07) is 14.7. The average molecular weight is 415 g/mol. The molecule has 0 bridgehead atoms. The molecule has 5 rings (SSSR count). The van der Waals surface area contributed by atoms with Crippen LogP contribution in [0.5, 0.6) is 0 Å². The van der Waals surface area contributed by atoms with E-state index in [9.17, 15) is 4.79 Å². The molecule has 2 aliphatic rings. The fourth-order valence-corrected chi connectivity index (χ4v) is 4.47. The highest BCUT2D eigenvalue weighted by atomic mass is 16.5. The molecule has 1 amide bonds. The van der Waals surface area contributed by atoms with E-state index >= 15 is 0 Å². The first-order chi connectivity index (χ1) is 15.2. The first-order valence-corrected chi connectivity index (χ1v) is 10.6. The molecule has 0 saturated carbocycles. The van der Waals surface area contributed by atoms with Gasteiger partial charge in [0.25, 0.3) is 5.91 Å². The van der Waals surface area contributed by atoms with Gasteiger partial charge in [-0.3, -0.25) is 14.7 Å². The fourth-order valence-electron chi connectivity index (χ4n) is 4.47. The highest BCUT2D eigenvalue weighted by Gasteiger charge is 2.38. The van der Waals surface area contributed by atoms with Gasteiger partial charge >= 0.3 is 0 Å². The van der Waals surface area contributed by atoms with Gasteiger partial charge in [0.2, 0.25) is 0 Å². The Labute approximate surface area is 181 Å². The minimum absolute atomic E-state index is 0.0169. The van der Waals surface area contributed by atoms with E-state index in [1.165, 1.54) is 5.56 Å². The Balaban J connectivity index is 1.31. The zero-order chi connectivity index (χ0) is 21.2. The van der Waals surface area contributed by atoms with Crippen LogP contribution in [-0.4, -0.2) is 69.5 Å². The van der Waals surface area contributed by atoms with Gasteiger partial charge in [0.1, 0.15) is 0 Å². The number of aryl methyl sites for hydroxylation is 1. The first-order valence-electron chi connectivity index (χ1n) is 10.6. The van der Waals surface area contributed by atoms with Crippen LogP contribution in [0, 0.1) is 6.92 Å². The molecule has 31 heavy (non-hydrogen) atoms. The van der Waals surface area contributed by atoms with Crippen LogP contribution in [0.3, 0.4) is 0 Å². The minimum Gasteiger partial charge on any atom is -0.378 e. The lowest BCUT2D eigenvalue weighted by molar-refractivity contribution is -0.0770. The van der Waals surface area contributed by atoms with Crippen molar-refractivity contribution in [2.24, 2.45) is 0 Å². The Morgan fingerprint density at radius 2 is 1.94 bits per heavy atom. The van der Waals surface area contributed by atoms with Gasteiger partial charge in [0, 0.05) is 43.8 Å². The lowest BCUT2D eigenvalue weighted by atomic mass is 10.00. The number of rotatable bonds is 3. The number of amides is 1. The topological polar surface area (TPSA) is 71.5 Å². The summed E-state index contributed by atoms with van der Waals surface area (Å²) in [5.74, 6) is 0.565. The molecule has 2 aromatic heterocycles. The summed E-state index contributed by atoms with van der Waals surface area (Å²) >= 11 is 0. The number of piperazine rings is 1. The molecule has 2 aliphatic heterocycles. The third kappa shape index (κ3) is 3.94. The van der Waals surface area contributed by atoms with E-state index in [-0.39, 0.29) is 18.0 Å². The predicted octanol–water partition coefficient (Wildman–Crippen LogP) is 2.74. The number of hydrogen-bond acceptors (Lipinski definition) is 6. The van der Waals surface area contributed by atoms with Crippen LogP contribution in [0.25, 0.3) is 11.4 Å². The van der Waals surface area contributed by atoms with Crippen LogP contribution < -0.4 is 0 Å². The van der Waals surface area contributed by atoms with Gasteiger partial charge < -0.3 is 9.64 Å². The maximum absolute atomic E-state index is 13.3. The number of carbonyl (C=O) groups is 1. The van der Waals surface area contributed by atoms with Gasteiger partial charge in [0.15, 0.2) is 5.82 Å². The van der Waals surface area contributed by atoms with Gasteiger partial charge in [-0.05, 0) is 24.6 Å². The number of fused-ring (bicyclic) bond motifs is 1. The molecule has 3 aromatic rings. The van der Waals surface area contributed by atoms with E-state index in [2.05, 4.69) is 44.1 Å². The lowest BCUT2D eigenvalue weighted by Gasteiger charge is -2.48. The summed E-state index contributed by atoms with van der Waals surface area (Å²) in [6.45, 7) is 5.35. The largest absolute Gasteiger partial charge is 0.378 e. The van der Waals surface area contributed by atoms with Crippen LogP contribution in [0.4, 0.5) is 0 Å². The van der Waals surface area contributed by atoms with Crippen molar-refractivity contribution in [2.75, 3.05) is 32.8 Å². The molecule has 2 fully saturated rings. The molecule has 2 saturated heterocycles. The highest BCUT2D eigenvalue weighted by Crippen LogP contribution is 2.30. The average Bonchev–Trinajstić information content (AvgIpc) is 2.84. The van der Waals surface area contributed by atoms with Crippen molar-refractivity contribution in [1.82, 2.24) is 24.8 Å². The molecule has 7 heteroatoms. The van der Waals surface area contributed by atoms with Crippen molar-refractivity contribution in [1.29, 1.82) is 0 Å². The van der Waals surface area contributed by atoms with Crippen LogP contribution in [0.15, 0.2) is 61.1 Å². The molecule has 2 atom stereocenters. The zero-order valence-electron chi connectivity index (χ0n) is 17.5. The van der Waals surface area contributed by atoms with Crippen LogP contribution in [-0.2, 0) is 4.74 Å². The number of nitrogens with zero attached hydrogens (tertiary/aromatic N) is 5. The Hall–Kier alpha value is -3.16. The summed E-state index contributed by atoms with van der Waals surface area (Å²) in [5.41, 5.74) is 3.34. The van der Waals surface area contributed by atoms with Gasteiger partial charge in [-0.25, -0.2) is 9.97 Å². The number of aromatic nitrogens is 3. The number of pyridine rings is 1. The zero-order valence-corrected chi connectivity index (χ0v) is 17.5. The number of ether oxygens (including phenoxy) is 1. The molecule has 1 aromatic carbocycles. The van der Waals surface area contributed by atoms with Crippen molar-refractivity contribution >= 4 is 5.91 Å². The lowest BCUT2D eigenvalue weighted by Crippen LogP contribution is -2.60. The summed E-state index contributed by atoms with van der Waals surface area (Å²) < 4.78 is 5.92. The second kappa shape index (κ2) is 8.53. The summed E-state index contributed by atoms with van der Waals surface area (Å²) in [7, 11) is 0. The van der Waals surface area contributed by atoms with E-state index in [1.54, 1.807) is 18.6 Å². The SMILES string of the molecule is Cc1nc(-c2cccnc2)ncc1C(=O)N1CCN2[C@@H](COC[C@@H]2c2ccccc2)C1. The van der Waals surface area contributed by atoms with Crippen molar-refractivity contribution in [3.05, 3.63) is 77.9 Å². The van der Waals surface area contributed by atoms with Gasteiger partial charge in [-0.15, -0.1) is 0 Å². The molecular weight excluding hydrogens is 390 g/mol. The summed E-state index contributed by atoms with van der Waals surface area (Å²) in [4.78, 5) is 30.8. The second-order valence-electron chi connectivity index (χ2n) is 8.04. The molecule has 0 aliphatic carbocycles. The summed E-state index contributed by atoms with van der Waals surface area (Å²) in [6.07, 6.45) is 5.08. The molecule has 0 spiro atoms. The van der Waals surface area contributed by atoms with Crippen molar-refractivity contribution < 1.29 is 9.53 Å². The Kier molecular flexibility index (Phi) is 5.44. The highest BCUT2D eigenvalue weighted by molar-refractivity contribution is 5.95. The maximum Gasteiger partial charge on any atom is 0.257 e. The molecule has 7 nitrogen and oxygen atoms in total. The number of benzene rings is 1.